The SMILES string of the molecule is Cc1cc(C)n([C@H](C)C(=O)NC2CCC(O)CC2)n1. The van der Waals surface area contributed by atoms with Crippen LogP contribution in [0.2, 0.25) is 0 Å². The van der Waals surface area contributed by atoms with Gasteiger partial charge in [-0.25, -0.2) is 0 Å². The Balaban J connectivity index is 1.94. The fourth-order valence-corrected chi connectivity index (χ4v) is 2.69. The molecule has 0 radical (unpaired) electrons. The number of nitrogens with zero attached hydrogens (tertiary/aromatic N) is 2. The summed E-state index contributed by atoms with van der Waals surface area (Å²) < 4.78 is 1.77. The van der Waals surface area contributed by atoms with Gasteiger partial charge < -0.3 is 10.4 Å². The number of carbonyl (C=O) groups is 1. The van der Waals surface area contributed by atoms with Crippen LogP contribution >= 0.6 is 0 Å². The van der Waals surface area contributed by atoms with E-state index in [1.807, 2.05) is 26.8 Å². The van der Waals surface area contributed by atoms with E-state index in [0.29, 0.717) is 0 Å². The zero-order chi connectivity index (χ0) is 14.0. The van der Waals surface area contributed by atoms with Gasteiger partial charge >= 0.3 is 0 Å². The number of rotatable bonds is 3. The third kappa shape index (κ3) is 3.35. The summed E-state index contributed by atoms with van der Waals surface area (Å²) >= 11 is 0. The molecule has 106 valence electrons. The maximum absolute atomic E-state index is 12.2. The summed E-state index contributed by atoms with van der Waals surface area (Å²) in [5.74, 6) is 0.00703. The van der Waals surface area contributed by atoms with Gasteiger partial charge in [-0.05, 0) is 52.5 Å². The highest BCUT2D eigenvalue weighted by Crippen LogP contribution is 2.19. The van der Waals surface area contributed by atoms with Crippen LogP contribution in [0.4, 0.5) is 0 Å². The van der Waals surface area contributed by atoms with Crippen molar-refractivity contribution in [1.82, 2.24) is 15.1 Å². The van der Waals surface area contributed by atoms with E-state index in [-0.39, 0.29) is 24.1 Å². The summed E-state index contributed by atoms with van der Waals surface area (Å²) in [5, 5.41) is 16.9. The summed E-state index contributed by atoms with van der Waals surface area (Å²) in [6, 6.07) is 1.87. The molecule has 19 heavy (non-hydrogen) atoms. The van der Waals surface area contributed by atoms with Gasteiger partial charge in [-0.2, -0.15) is 5.10 Å². The molecule has 0 aromatic carbocycles. The Morgan fingerprint density at radius 3 is 2.58 bits per heavy atom. The zero-order valence-corrected chi connectivity index (χ0v) is 11.9. The summed E-state index contributed by atoms with van der Waals surface area (Å²) in [6.07, 6.45) is 3.08. The molecule has 0 spiro atoms. The Hall–Kier alpha value is -1.36. The van der Waals surface area contributed by atoms with Crippen molar-refractivity contribution in [3.8, 4) is 0 Å². The number of nitrogens with one attached hydrogen (secondary N) is 1. The summed E-state index contributed by atoms with van der Waals surface area (Å²) in [5.41, 5.74) is 1.93. The van der Waals surface area contributed by atoms with E-state index < -0.39 is 0 Å². The predicted octanol–water partition coefficient (Wildman–Crippen LogP) is 1.48. The molecule has 0 bridgehead atoms. The molecule has 1 aromatic rings. The smallest absolute Gasteiger partial charge is 0.244 e. The molecule has 2 rings (SSSR count). The van der Waals surface area contributed by atoms with Gasteiger partial charge in [0.1, 0.15) is 6.04 Å². The quantitative estimate of drug-likeness (QED) is 0.870. The Morgan fingerprint density at radius 2 is 2.05 bits per heavy atom. The molecule has 1 aliphatic carbocycles. The molecule has 1 aliphatic rings. The van der Waals surface area contributed by atoms with Crippen molar-refractivity contribution < 1.29 is 9.90 Å². The molecule has 0 unspecified atom stereocenters. The van der Waals surface area contributed by atoms with Crippen molar-refractivity contribution in [2.75, 3.05) is 0 Å². The highest BCUT2D eigenvalue weighted by atomic mass is 16.3. The third-order valence-electron chi connectivity index (χ3n) is 3.83. The van der Waals surface area contributed by atoms with Gasteiger partial charge in [-0.1, -0.05) is 0 Å². The number of aromatic nitrogens is 2. The lowest BCUT2D eigenvalue weighted by molar-refractivity contribution is -0.125. The minimum atomic E-state index is -0.291. The lowest BCUT2D eigenvalue weighted by Gasteiger charge is -2.27. The zero-order valence-electron chi connectivity index (χ0n) is 11.9. The van der Waals surface area contributed by atoms with Gasteiger partial charge in [0.15, 0.2) is 0 Å². The standard InChI is InChI=1S/C14H23N3O2/c1-9-8-10(2)17(16-9)11(3)14(19)15-12-4-6-13(18)7-5-12/h8,11-13,18H,4-7H2,1-3H3,(H,15,19)/t11-,12?,13?/m1/s1. The highest BCUT2D eigenvalue weighted by Gasteiger charge is 2.24. The molecule has 1 heterocycles. The van der Waals surface area contributed by atoms with Crippen molar-refractivity contribution >= 4 is 5.91 Å². The van der Waals surface area contributed by atoms with Gasteiger partial charge in [-0.3, -0.25) is 9.48 Å². The van der Waals surface area contributed by atoms with Crippen LogP contribution in [-0.4, -0.2) is 32.9 Å². The van der Waals surface area contributed by atoms with Crippen LogP contribution in [0, 0.1) is 13.8 Å². The normalized spacial score (nSPS) is 25.1. The van der Waals surface area contributed by atoms with Crippen molar-refractivity contribution in [2.45, 2.75) is 64.6 Å². The topological polar surface area (TPSA) is 67.2 Å². The van der Waals surface area contributed by atoms with E-state index in [2.05, 4.69) is 10.4 Å². The van der Waals surface area contributed by atoms with Gasteiger partial charge in [0.05, 0.1) is 11.8 Å². The second-order valence-electron chi connectivity index (χ2n) is 5.56. The first-order valence-corrected chi connectivity index (χ1v) is 6.98. The first-order chi connectivity index (χ1) is 8.97. The largest absolute Gasteiger partial charge is 0.393 e. The van der Waals surface area contributed by atoms with Crippen LogP contribution in [0.3, 0.4) is 0 Å². The molecule has 1 atom stereocenters. The van der Waals surface area contributed by atoms with Crippen molar-refractivity contribution in [3.05, 3.63) is 17.5 Å². The lowest BCUT2D eigenvalue weighted by atomic mass is 9.93. The average Bonchev–Trinajstić information content (AvgIpc) is 2.70. The summed E-state index contributed by atoms with van der Waals surface area (Å²) in [6.45, 7) is 5.75. The van der Waals surface area contributed by atoms with Crippen molar-refractivity contribution in [1.29, 1.82) is 0 Å². The van der Waals surface area contributed by atoms with Gasteiger partial charge in [0.2, 0.25) is 5.91 Å². The van der Waals surface area contributed by atoms with E-state index in [4.69, 9.17) is 0 Å². The summed E-state index contributed by atoms with van der Waals surface area (Å²) in [7, 11) is 0. The minimum Gasteiger partial charge on any atom is -0.393 e. The van der Waals surface area contributed by atoms with E-state index in [1.165, 1.54) is 0 Å². The van der Waals surface area contributed by atoms with E-state index in [0.717, 1.165) is 37.1 Å². The lowest BCUT2D eigenvalue weighted by Crippen LogP contribution is -2.41. The molecule has 1 amide bonds. The fourth-order valence-electron chi connectivity index (χ4n) is 2.69. The molecule has 0 aliphatic heterocycles. The maximum atomic E-state index is 12.2. The monoisotopic (exact) mass is 265 g/mol. The van der Waals surface area contributed by atoms with Crippen LogP contribution in [0.5, 0.6) is 0 Å². The maximum Gasteiger partial charge on any atom is 0.244 e. The average molecular weight is 265 g/mol. The number of aliphatic hydroxyl groups is 1. The van der Waals surface area contributed by atoms with Crippen LogP contribution in [0.25, 0.3) is 0 Å². The molecule has 5 nitrogen and oxygen atoms in total. The Kier molecular flexibility index (Phi) is 4.24. The molecule has 1 saturated carbocycles. The number of amides is 1. The number of hydrogen-bond acceptors (Lipinski definition) is 3. The Labute approximate surface area is 114 Å². The predicted molar refractivity (Wildman–Crippen MR) is 72.8 cm³/mol. The van der Waals surface area contributed by atoms with Crippen LogP contribution in [-0.2, 0) is 4.79 Å². The first-order valence-electron chi connectivity index (χ1n) is 6.98. The van der Waals surface area contributed by atoms with E-state index in [9.17, 15) is 9.90 Å². The molecule has 0 saturated heterocycles. The first kappa shape index (κ1) is 14.1. The molecule has 2 N–H and O–H groups in total. The highest BCUT2D eigenvalue weighted by molar-refractivity contribution is 5.80. The number of aryl methyl sites for hydroxylation is 2. The molecule has 1 aromatic heterocycles. The fraction of sp³-hybridized carbons (Fsp3) is 0.714. The van der Waals surface area contributed by atoms with Crippen LogP contribution in [0.1, 0.15) is 50.0 Å². The summed E-state index contributed by atoms with van der Waals surface area (Å²) in [4.78, 5) is 12.2. The molecular formula is C14H23N3O2. The minimum absolute atomic E-state index is 0.00703. The van der Waals surface area contributed by atoms with Gasteiger partial charge in [0.25, 0.3) is 0 Å². The molecule has 1 fully saturated rings. The van der Waals surface area contributed by atoms with Crippen molar-refractivity contribution in [2.24, 2.45) is 0 Å². The van der Waals surface area contributed by atoms with Crippen molar-refractivity contribution in [3.63, 3.8) is 0 Å². The van der Waals surface area contributed by atoms with E-state index >= 15 is 0 Å². The van der Waals surface area contributed by atoms with Gasteiger partial charge in [-0.15, -0.1) is 0 Å². The van der Waals surface area contributed by atoms with Crippen LogP contribution < -0.4 is 5.32 Å². The number of hydrogen-bond donors (Lipinski definition) is 2. The Bertz CT molecular complexity index is 448. The second kappa shape index (κ2) is 5.74. The van der Waals surface area contributed by atoms with E-state index in [1.54, 1.807) is 4.68 Å². The third-order valence-corrected chi connectivity index (χ3v) is 3.83. The van der Waals surface area contributed by atoms with Crippen LogP contribution in [0.15, 0.2) is 6.07 Å². The van der Waals surface area contributed by atoms with Gasteiger partial charge in [0, 0.05) is 11.7 Å². The number of aliphatic hydroxyl groups excluding tert-OH is 1. The Morgan fingerprint density at radius 1 is 1.42 bits per heavy atom. The second-order valence-corrected chi connectivity index (χ2v) is 5.56. The molecule has 5 heteroatoms. The number of carbonyl (C=O) groups excluding carboxylic acids is 1. The molecular weight excluding hydrogens is 242 g/mol.